The summed E-state index contributed by atoms with van der Waals surface area (Å²) in [7, 11) is 1.64. The molecule has 5 nitrogen and oxygen atoms in total. The average Bonchev–Trinajstić information content (AvgIpc) is 2.74. The van der Waals surface area contributed by atoms with Crippen LogP contribution in [-0.4, -0.2) is 24.2 Å². The van der Waals surface area contributed by atoms with Crippen molar-refractivity contribution in [2.45, 2.75) is 38.1 Å². The first kappa shape index (κ1) is 19.5. The summed E-state index contributed by atoms with van der Waals surface area (Å²) in [5.41, 5.74) is 3.28. The fourth-order valence-electron chi connectivity index (χ4n) is 3.81. The third-order valence-electron chi connectivity index (χ3n) is 5.33. The number of methoxy groups -OCH3 is 1. The number of aromatic nitrogens is 1. The van der Waals surface area contributed by atoms with Gasteiger partial charge in [0.2, 0.25) is 0 Å². The number of amides is 2. The molecule has 1 heterocycles. The molecule has 0 unspecified atom stereocenters. The van der Waals surface area contributed by atoms with Gasteiger partial charge in [0.05, 0.1) is 18.3 Å². The monoisotopic (exact) mass is 409 g/mol. The first-order valence-electron chi connectivity index (χ1n) is 9.94. The van der Waals surface area contributed by atoms with Crippen molar-refractivity contribution in [3.05, 3.63) is 53.6 Å². The quantitative estimate of drug-likeness (QED) is 0.553. The van der Waals surface area contributed by atoms with Crippen molar-refractivity contribution >= 4 is 34.2 Å². The van der Waals surface area contributed by atoms with Crippen LogP contribution in [0.4, 0.5) is 10.5 Å². The maximum absolute atomic E-state index is 12.4. The van der Waals surface area contributed by atoms with E-state index in [4.69, 9.17) is 21.3 Å². The fourth-order valence-corrected chi connectivity index (χ4v) is 3.94. The van der Waals surface area contributed by atoms with Gasteiger partial charge in [-0.15, -0.1) is 0 Å². The molecule has 1 fully saturated rings. The zero-order valence-electron chi connectivity index (χ0n) is 16.4. The van der Waals surface area contributed by atoms with E-state index in [1.807, 2.05) is 48.5 Å². The summed E-state index contributed by atoms with van der Waals surface area (Å²) in [6, 6.07) is 15.2. The highest BCUT2D eigenvalue weighted by atomic mass is 35.5. The van der Waals surface area contributed by atoms with Gasteiger partial charge in [-0.25, -0.2) is 9.78 Å². The van der Waals surface area contributed by atoms with Crippen molar-refractivity contribution in [2.75, 3.05) is 12.4 Å². The SMILES string of the molecule is COc1cc(-c2ccc(Cl)cc2)nc2ccc(NC(=O)NC3CCCCC3)cc12. The van der Waals surface area contributed by atoms with Crippen LogP contribution in [0.2, 0.25) is 5.02 Å². The molecule has 6 heteroatoms. The Hall–Kier alpha value is -2.79. The second kappa shape index (κ2) is 8.70. The number of ether oxygens (including phenoxy) is 1. The van der Waals surface area contributed by atoms with Crippen molar-refractivity contribution < 1.29 is 9.53 Å². The molecule has 1 aliphatic rings. The lowest BCUT2D eigenvalue weighted by atomic mass is 9.96. The van der Waals surface area contributed by atoms with Crippen LogP contribution < -0.4 is 15.4 Å². The Bertz CT molecular complexity index is 1010. The van der Waals surface area contributed by atoms with Crippen LogP contribution in [0, 0.1) is 0 Å². The summed E-state index contributed by atoms with van der Waals surface area (Å²) in [6.07, 6.45) is 5.72. The normalized spacial score (nSPS) is 14.6. The Balaban J connectivity index is 1.57. The molecule has 0 aliphatic heterocycles. The number of halogens is 1. The van der Waals surface area contributed by atoms with Crippen LogP contribution >= 0.6 is 11.6 Å². The maximum Gasteiger partial charge on any atom is 0.319 e. The van der Waals surface area contributed by atoms with Crippen LogP contribution in [0.5, 0.6) is 5.75 Å². The number of hydrogen-bond acceptors (Lipinski definition) is 3. The van der Waals surface area contributed by atoms with Gasteiger partial charge >= 0.3 is 6.03 Å². The molecule has 0 radical (unpaired) electrons. The summed E-state index contributed by atoms with van der Waals surface area (Å²) in [6.45, 7) is 0. The third kappa shape index (κ3) is 4.62. The number of carbonyl (C=O) groups is 1. The lowest BCUT2D eigenvalue weighted by Crippen LogP contribution is -2.38. The molecule has 0 saturated heterocycles. The van der Waals surface area contributed by atoms with Gasteiger partial charge < -0.3 is 15.4 Å². The van der Waals surface area contributed by atoms with E-state index in [0.29, 0.717) is 16.5 Å². The molecular weight excluding hydrogens is 386 g/mol. The van der Waals surface area contributed by atoms with Gasteiger partial charge in [0.25, 0.3) is 0 Å². The number of hydrogen-bond donors (Lipinski definition) is 2. The van der Waals surface area contributed by atoms with Gasteiger partial charge in [0, 0.05) is 33.8 Å². The number of pyridine rings is 1. The standard InChI is InChI=1S/C23H24ClN3O2/c1-29-22-14-21(15-7-9-16(24)10-8-15)27-20-12-11-18(13-19(20)22)26-23(28)25-17-5-3-2-4-6-17/h7-14,17H,2-6H2,1H3,(H2,25,26,28). The Morgan fingerprint density at radius 1 is 1.07 bits per heavy atom. The van der Waals surface area contributed by atoms with Gasteiger partial charge in [0.15, 0.2) is 0 Å². The molecule has 0 spiro atoms. The number of nitrogens with zero attached hydrogens (tertiary/aromatic N) is 1. The number of fused-ring (bicyclic) bond motifs is 1. The average molecular weight is 410 g/mol. The zero-order valence-corrected chi connectivity index (χ0v) is 17.1. The van der Waals surface area contributed by atoms with Crippen LogP contribution in [-0.2, 0) is 0 Å². The van der Waals surface area contributed by atoms with Crippen LogP contribution in [0.25, 0.3) is 22.2 Å². The number of urea groups is 1. The number of anilines is 1. The van der Waals surface area contributed by atoms with Crippen molar-refractivity contribution in [1.29, 1.82) is 0 Å². The Morgan fingerprint density at radius 3 is 2.55 bits per heavy atom. The van der Waals surface area contributed by atoms with Crippen molar-refractivity contribution in [2.24, 2.45) is 0 Å². The highest BCUT2D eigenvalue weighted by Crippen LogP contribution is 2.32. The molecule has 2 amide bonds. The summed E-state index contributed by atoms with van der Waals surface area (Å²) in [5, 5.41) is 7.54. The molecule has 4 rings (SSSR count). The largest absolute Gasteiger partial charge is 0.496 e. The van der Waals surface area contributed by atoms with E-state index in [-0.39, 0.29) is 12.1 Å². The fraction of sp³-hybridized carbons (Fsp3) is 0.304. The summed E-state index contributed by atoms with van der Waals surface area (Å²) >= 11 is 5.99. The van der Waals surface area contributed by atoms with Crippen molar-refractivity contribution in [3.63, 3.8) is 0 Å². The molecule has 0 atom stereocenters. The number of nitrogens with one attached hydrogen (secondary N) is 2. The second-order valence-electron chi connectivity index (χ2n) is 7.38. The Kier molecular flexibility index (Phi) is 5.86. The first-order chi connectivity index (χ1) is 14.1. The highest BCUT2D eigenvalue weighted by Gasteiger charge is 2.16. The molecule has 2 aromatic carbocycles. The third-order valence-corrected chi connectivity index (χ3v) is 5.58. The number of benzene rings is 2. The van der Waals surface area contributed by atoms with Crippen LogP contribution in [0.3, 0.4) is 0 Å². The van der Waals surface area contributed by atoms with E-state index in [1.54, 1.807) is 7.11 Å². The highest BCUT2D eigenvalue weighted by molar-refractivity contribution is 6.30. The molecule has 2 N–H and O–H groups in total. The Morgan fingerprint density at radius 2 is 1.83 bits per heavy atom. The molecule has 3 aromatic rings. The summed E-state index contributed by atoms with van der Waals surface area (Å²) < 4.78 is 5.60. The first-order valence-corrected chi connectivity index (χ1v) is 10.3. The van der Waals surface area contributed by atoms with Gasteiger partial charge in [-0.2, -0.15) is 0 Å². The van der Waals surface area contributed by atoms with E-state index in [9.17, 15) is 4.79 Å². The smallest absolute Gasteiger partial charge is 0.319 e. The minimum Gasteiger partial charge on any atom is -0.496 e. The molecule has 1 aromatic heterocycles. The molecular formula is C23H24ClN3O2. The number of carbonyl (C=O) groups excluding carboxylic acids is 1. The second-order valence-corrected chi connectivity index (χ2v) is 7.82. The van der Waals surface area contributed by atoms with E-state index in [1.165, 1.54) is 19.3 Å². The Labute approximate surface area is 175 Å². The minimum absolute atomic E-state index is 0.166. The molecule has 29 heavy (non-hydrogen) atoms. The molecule has 1 saturated carbocycles. The number of rotatable bonds is 4. The zero-order chi connectivity index (χ0) is 20.2. The summed E-state index contributed by atoms with van der Waals surface area (Å²) in [5.74, 6) is 0.705. The minimum atomic E-state index is -0.166. The molecule has 0 bridgehead atoms. The van der Waals surface area contributed by atoms with Crippen LogP contribution in [0.15, 0.2) is 48.5 Å². The lowest BCUT2D eigenvalue weighted by molar-refractivity contribution is 0.244. The van der Waals surface area contributed by atoms with Gasteiger partial charge in [-0.3, -0.25) is 0 Å². The lowest BCUT2D eigenvalue weighted by Gasteiger charge is -2.22. The van der Waals surface area contributed by atoms with E-state index in [0.717, 1.165) is 35.0 Å². The molecule has 150 valence electrons. The van der Waals surface area contributed by atoms with E-state index in [2.05, 4.69) is 10.6 Å². The maximum atomic E-state index is 12.4. The van der Waals surface area contributed by atoms with Crippen molar-refractivity contribution in [1.82, 2.24) is 10.3 Å². The molecule has 1 aliphatic carbocycles. The predicted molar refractivity (Wildman–Crippen MR) is 118 cm³/mol. The van der Waals surface area contributed by atoms with E-state index < -0.39 is 0 Å². The van der Waals surface area contributed by atoms with Gasteiger partial charge in [-0.05, 0) is 43.2 Å². The van der Waals surface area contributed by atoms with Gasteiger partial charge in [-0.1, -0.05) is 43.0 Å². The van der Waals surface area contributed by atoms with Crippen LogP contribution in [0.1, 0.15) is 32.1 Å². The van der Waals surface area contributed by atoms with Gasteiger partial charge in [0.1, 0.15) is 5.75 Å². The van der Waals surface area contributed by atoms with E-state index >= 15 is 0 Å². The summed E-state index contributed by atoms with van der Waals surface area (Å²) in [4.78, 5) is 17.1. The van der Waals surface area contributed by atoms with Crippen molar-refractivity contribution in [3.8, 4) is 17.0 Å². The topological polar surface area (TPSA) is 63.2 Å². The predicted octanol–water partition coefficient (Wildman–Crippen LogP) is 6.02.